The Labute approximate surface area is 217 Å². The van der Waals surface area contributed by atoms with E-state index >= 15 is 0 Å². The molecule has 0 radical (unpaired) electrons. The maximum Gasteiger partial charge on any atom is 0.490 e. The predicted molar refractivity (Wildman–Crippen MR) is 122 cm³/mol. The van der Waals surface area contributed by atoms with Crippen molar-refractivity contribution < 1.29 is 55.6 Å². The van der Waals surface area contributed by atoms with Crippen LogP contribution in [0, 0.1) is 0 Å². The Bertz CT molecular complexity index is 967. The second-order valence-electron chi connectivity index (χ2n) is 8.26. The molecular formula is C23H26F6N2O6S. The van der Waals surface area contributed by atoms with Crippen LogP contribution in [-0.4, -0.2) is 75.8 Å². The lowest BCUT2D eigenvalue weighted by atomic mass is 9.99. The molecule has 2 aliphatic rings. The Morgan fingerprint density at radius 2 is 1.63 bits per heavy atom. The molecule has 2 aliphatic heterocycles. The summed E-state index contributed by atoms with van der Waals surface area (Å²) in [6.45, 7) is 3.56. The Morgan fingerprint density at radius 3 is 2.16 bits per heavy atom. The van der Waals surface area contributed by atoms with E-state index in [1.54, 1.807) is 12.4 Å². The van der Waals surface area contributed by atoms with Crippen LogP contribution >= 0.6 is 11.3 Å². The number of carbonyl (C=O) groups is 2. The second kappa shape index (κ2) is 14.4. The zero-order chi connectivity index (χ0) is 28.3. The van der Waals surface area contributed by atoms with Crippen LogP contribution in [0.1, 0.15) is 29.7 Å². The number of carboxylic acid groups (broad SMARTS) is 2. The molecule has 8 nitrogen and oxygen atoms in total. The van der Waals surface area contributed by atoms with E-state index in [0.717, 1.165) is 25.9 Å². The van der Waals surface area contributed by atoms with Crippen LogP contribution in [0.5, 0.6) is 0 Å². The van der Waals surface area contributed by atoms with E-state index in [1.165, 1.54) is 16.9 Å². The summed E-state index contributed by atoms with van der Waals surface area (Å²) in [5, 5.41) is 16.4. The number of alkyl halides is 6. The lowest BCUT2D eigenvalue weighted by molar-refractivity contribution is -0.193. The molecule has 212 valence electrons. The van der Waals surface area contributed by atoms with Crippen LogP contribution in [0.2, 0.25) is 0 Å². The molecule has 2 aromatic rings. The van der Waals surface area contributed by atoms with E-state index in [4.69, 9.17) is 29.3 Å². The molecule has 2 N–H and O–H groups in total. The van der Waals surface area contributed by atoms with E-state index < -0.39 is 24.3 Å². The summed E-state index contributed by atoms with van der Waals surface area (Å²) in [6, 6.07) is 8.95. The molecule has 2 aromatic heterocycles. The fourth-order valence-electron chi connectivity index (χ4n) is 3.79. The fraction of sp³-hybridized carbons (Fsp3) is 0.522. The molecular weight excluding hydrogens is 546 g/mol. The minimum atomic E-state index is -5.08. The van der Waals surface area contributed by atoms with Crippen molar-refractivity contribution in [2.45, 2.75) is 63.0 Å². The lowest BCUT2D eigenvalue weighted by Crippen LogP contribution is -2.43. The highest BCUT2D eigenvalue weighted by molar-refractivity contribution is 7.09. The number of fused-ring (bicyclic) bond motifs is 1. The van der Waals surface area contributed by atoms with Gasteiger partial charge in [0.1, 0.15) is 0 Å². The third kappa shape index (κ3) is 10.9. The Morgan fingerprint density at radius 1 is 1.03 bits per heavy atom. The number of ether oxygens (including phenoxy) is 2. The van der Waals surface area contributed by atoms with Gasteiger partial charge < -0.3 is 19.7 Å². The first-order chi connectivity index (χ1) is 17.8. The molecule has 0 spiro atoms. The zero-order valence-electron chi connectivity index (χ0n) is 19.8. The average Bonchev–Trinajstić information content (AvgIpc) is 3.50. The van der Waals surface area contributed by atoms with Gasteiger partial charge in [0.25, 0.3) is 0 Å². The van der Waals surface area contributed by atoms with Gasteiger partial charge in [-0.15, -0.1) is 11.3 Å². The summed E-state index contributed by atoms with van der Waals surface area (Å²) in [6.07, 6.45) is -2.46. The average molecular weight is 573 g/mol. The molecule has 0 unspecified atom stereocenters. The van der Waals surface area contributed by atoms with Crippen molar-refractivity contribution in [3.63, 3.8) is 0 Å². The second-order valence-corrected chi connectivity index (χ2v) is 9.29. The molecule has 4 heterocycles. The highest BCUT2D eigenvalue weighted by Crippen LogP contribution is 2.33. The van der Waals surface area contributed by atoms with Gasteiger partial charge in [-0.1, -0.05) is 6.07 Å². The molecule has 2 saturated heterocycles. The van der Waals surface area contributed by atoms with Crippen LogP contribution in [0.25, 0.3) is 0 Å². The largest absolute Gasteiger partial charge is 0.490 e. The minimum Gasteiger partial charge on any atom is -0.475 e. The first-order valence-corrected chi connectivity index (χ1v) is 12.1. The first kappa shape index (κ1) is 31.5. The summed E-state index contributed by atoms with van der Waals surface area (Å²) in [7, 11) is 0. The van der Waals surface area contributed by atoms with Crippen molar-refractivity contribution in [1.29, 1.82) is 0 Å². The standard InChI is InChI=1S/C19H24N2O2S.2C2HF3O2/c1-2-17(24-11-1)12-21-10-7-19-18(21)4-3-16(23-19)14-22-13-15-5-8-20-9-6-15;2*3-2(4,5)1(6)7/h1-2,5-6,8-9,11,16,18-19H,3-4,7,10,12-14H2;2*(H,6,7)/t16-,18+,19+;;/m1../s1. The number of hydrogen-bond donors (Lipinski definition) is 2. The Kier molecular flexibility index (Phi) is 11.9. The van der Waals surface area contributed by atoms with E-state index in [0.29, 0.717) is 25.4 Å². The number of aliphatic carboxylic acids is 2. The van der Waals surface area contributed by atoms with Gasteiger partial charge in [0.2, 0.25) is 0 Å². The Balaban J connectivity index is 0.000000301. The summed E-state index contributed by atoms with van der Waals surface area (Å²) < 4.78 is 75.6. The van der Waals surface area contributed by atoms with Gasteiger partial charge in [-0.2, -0.15) is 26.3 Å². The van der Waals surface area contributed by atoms with Crippen LogP contribution in [0.4, 0.5) is 26.3 Å². The van der Waals surface area contributed by atoms with Crippen LogP contribution in [0.15, 0.2) is 42.0 Å². The van der Waals surface area contributed by atoms with E-state index in [-0.39, 0.29) is 6.10 Å². The number of likely N-dealkylation sites (tertiary alicyclic amines) is 1. The van der Waals surface area contributed by atoms with Gasteiger partial charge in [-0.05, 0) is 48.4 Å². The van der Waals surface area contributed by atoms with Gasteiger partial charge >= 0.3 is 24.3 Å². The highest BCUT2D eigenvalue weighted by atomic mass is 32.1. The fourth-order valence-corrected chi connectivity index (χ4v) is 4.52. The van der Waals surface area contributed by atoms with Crippen molar-refractivity contribution in [3.8, 4) is 0 Å². The lowest BCUT2D eigenvalue weighted by Gasteiger charge is -2.35. The van der Waals surface area contributed by atoms with Crippen LogP contribution < -0.4 is 0 Å². The number of pyridine rings is 1. The normalized spacial score (nSPS) is 21.4. The van der Waals surface area contributed by atoms with Crippen LogP contribution in [-0.2, 0) is 32.2 Å². The molecule has 15 heteroatoms. The molecule has 0 bridgehead atoms. The summed E-state index contributed by atoms with van der Waals surface area (Å²) in [4.78, 5) is 25.9. The van der Waals surface area contributed by atoms with Gasteiger partial charge in [0.05, 0.1) is 25.4 Å². The smallest absolute Gasteiger partial charge is 0.475 e. The third-order valence-electron chi connectivity index (χ3n) is 5.50. The minimum absolute atomic E-state index is 0.245. The number of aromatic nitrogens is 1. The molecule has 0 aliphatic carbocycles. The third-order valence-corrected chi connectivity index (χ3v) is 6.36. The van der Waals surface area contributed by atoms with Gasteiger partial charge in [0, 0.05) is 36.4 Å². The number of thiophene rings is 1. The molecule has 4 rings (SSSR count). The van der Waals surface area contributed by atoms with Crippen molar-refractivity contribution in [1.82, 2.24) is 9.88 Å². The van der Waals surface area contributed by atoms with Crippen LogP contribution in [0.3, 0.4) is 0 Å². The van der Waals surface area contributed by atoms with Crippen molar-refractivity contribution in [3.05, 3.63) is 52.5 Å². The number of carboxylic acids is 2. The van der Waals surface area contributed by atoms with Gasteiger partial charge in [-0.25, -0.2) is 9.59 Å². The number of hydrogen-bond acceptors (Lipinski definition) is 7. The summed E-state index contributed by atoms with van der Waals surface area (Å²) in [5.74, 6) is -5.51. The predicted octanol–water partition coefficient (Wildman–Crippen LogP) is 4.75. The monoisotopic (exact) mass is 572 g/mol. The maximum absolute atomic E-state index is 10.6. The number of rotatable bonds is 6. The Hall–Kier alpha value is -2.75. The molecule has 3 atom stereocenters. The number of halogens is 6. The van der Waals surface area contributed by atoms with E-state index in [2.05, 4.69) is 27.4 Å². The van der Waals surface area contributed by atoms with Crippen molar-refractivity contribution in [2.75, 3.05) is 13.2 Å². The molecule has 0 aromatic carbocycles. The van der Waals surface area contributed by atoms with Crippen molar-refractivity contribution in [2.24, 2.45) is 0 Å². The molecule has 0 saturated carbocycles. The molecule has 2 fully saturated rings. The topological polar surface area (TPSA) is 109 Å². The number of nitrogens with zero attached hydrogens (tertiary/aromatic N) is 2. The van der Waals surface area contributed by atoms with Crippen molar-refractivity contribution >= 4 is 23.3 Å². The maximum atomic E-state index is 10.6. The highest BCUT2D eigenvalue weighted by Gasteiger charge is 2.40. The SMILES string of the molecule is O=C(O)C(F)(F)F.O=C(O)C(F)(F)F.c1csc(CN2CC[C@@H]3O[C@@H](COCc4ccncc4)CC[C@@H]32)c1. The van der Waals surface area contributed by atoms with E-state index in [1.807, 2.05) is 23.5 Å². The first-order valence-electron chi connectivity index (χ1n) is 11.3. The summed E-state index contributed by atoms with van der Waals surface area (Å²) >= 11 is 1.85. The van der Waals surface area contributed by atoms with E-state index in [9.17, 15) is 26.3 Å². The zero-order valence-corrected chi connectivity index (χ0v) is 20.6. The quantitative estimate of drug-likeness (QED) is 0.478. The molecule has 0 amide bonds. The van der Waals surface area contributed by atoms with Gasteiger partial charge in [-0.3, -0.25) is 9.88 Å². The summed E-state index contributed by atoms with van der Waals surface area (Å²) in [5.41, 5.74) is 1.17. The molecule has 38 heavy (non-hydrogen) atoms. The van der Waals surface area contributed by atoms with Gasteiger partial charge in [0.15, 0.2) is 0 Å².